The fraction of sp³-hybridized carbons (Fsp3) is 0.0909. The van der Waals surface area contributed by atoms with Gasteiger partial charge in [-0.1, -0.05) is 34.8 Å². The second-order valence-corrected chi connectivity index (χ2v) is 7.94. The Labute approximate surface area is 187 Å². The van der Waals surface area contributed by atoms with Crippen LogP contribution in [-0.4, -0.2) is 22.5 Å². The lowest BCUT2D eigenvalue weighted by Crippen LogP contribution is -2.20. The quantitative estimate of drug-likeness (QED) is 0.356. The summed E-state index contributed by atoms with van der Waals surface area (Å²) < 4.78 is 5.44. The highest BCUT2D eigenvalue weighted by molar-refractivity contribution is 6.35. The fourth-order valence-corrected chi connectivity index (χ4v) is 3.54. The zero-order chi connectivity index (χ0) is 21.3. The first kappa shape index (κ1) is 20.5. The molecule has 0 fully saturated rings. The van der Waals surface area contributed by atoms with E-state index < -0.39 is 0 Å². The predicted octanol–water partition coefficient (Wildman–Crippen LogP) is 6.52. The van der Waals surface area contributed by atoms with Gasteiger partial charge in [0.05, 0.1) is 16.1 Å². The molecule has 5 nitrogen and oxygen atoms in total. The number of nitrogens with zero attached hydrogens (tertiary/aromatic N) is 1. The SMILES string of the molecule is Cc1cc2[nH]c(-c3ccc(NC(=O)COc4ccc(Cl)cc4Cl)cc3)nc2cc1Cl. The van der Waals surface area contributed by atoms with E-state index in [2.05, 4.69) is 15.3 Å². The first-order chi connectivity index (χ1) is 14.4. The van der Waals surface area contributed by atoms with Crippen LogP contribution >= 0.6 is 34.8 Å². The maximum Gasteiger partial charge on any atom is 0.262 e. The molecule has 0 bridgehead atoms. The van der Waals surface area contributed by atoms with Crippen LogP contribution in [0, 0.1) is 6.92 Å². The van der Waals surface area contributed by atoms with E-state index in [1.54, 1.807) is 30.3 Å². The number of ether oxygens (including phenoxy) is 1. The number of H-pyrrole nitrogens is 1. The molecule has 0 spiro atoms. The molecule has 3 aromatic carbocycles. The van der Waals surface area contributed by atoms with Crippen molar-refractivity contribution < 1.29 is 9.53 Å². The van der Waals surface area contributed by atoms with E-state index in [0.29, 0.717) is 26.5 Å². The van der Waals surface area contributed by atoms with Gasteiger partial charge < -0.3 is 15.0 Å². The van der Waals surface area contributed by atoms with Gasteiger partial charge in [-0.05, 0) is 67.1 Å². The third-order valence-electron chi connectivity index (χ3n) is 4.46. The summed E-state index contributed by atoms with van der Waals surface area (Å²) in [7, 11) is 0. The van der Waals surface area contributed by atoms with E-state index >= 15 is 0 Å². The van der Waals surface area contributed by atoms with Crippen molar-refractivity contribution in [3.05, 3.63) is 75.2 Å². The second-order valence-electron chi connectivity index (χ2n) is 6.69. The summed E-state index contributed by atoms with van der Waals surface area (Å²) in [5.74, 6) is 0.819. The number of hydrogen-bond donors (Lipinski definition) is 2. The number of nitrogens with one attached hydrogen (secondary N) is 2. The number of aromatic amines is 1. The van der Waals surface area contributed by atoms with Crippen LogP contribution in [0.5, 0.6) is 5.75 Å². The maximum atomic E-state index is 12.2. The number of carbonyl (C=O) groups excluding carboxylic acids is 1. The van der Waals surface area contributed by atoms with E-state index in [4.69, 9.17) is 39.5 Å². The molecule has 0 aliphatic rings. The summed E-state index contributed by atoms with van der Waals surface area (Å²) in [5, 5.41) is 4.31. The van der Waals surface area contributed by atoms with Gasteiger partial charge >= 0.3 is 0 Å². The van der Waals surface area contributed by atoms with Gasteiger partial charge in [-0.3, -0.25) is 4.79 Å². The van der Waals surface area contributed by atoms with Crippen molar-refractivity contribution in [3.63, 3.8) is 0 Å². The summed E-state index contributed by atoms with van der Waals surface area (Å²) in [6.07, 6.45) is 0. The van der Waals surface area contributed by atoms with Crippen molar-refractivity contribution in [1.29, 1.82) is 0 Å². The number of imidazole rings is 1. The van der Waals surface area contributed by atoms with E-state index in [1.807, 2.05) is 31.2 Å². The molecular weight excluding hydrogens is 445 g/mol. The van der Waals surface area contributed by atoms with E-state index in [-0.39, 0.29) is 12.5 Å². The van der Waals surface area contributed by atoms with Gasteiger partial charge in [-0.15, -0.1) is 0 Å². The van der Waals surface area contributed by atoms with Gasteiger partial charge in [0.25, 0.3) is 5.91 Å². The fourth-order valence-electron chi connectivity index (χ4n) is 2.92. The molecule has 1 heterocycles. The Bertz CT molecular complexity index is 1200. The Balaban J connectivity index is 1.41. The number of rotatable bonds is 5. The highest BCUT2D eigenvalue weighted by atomic mass is 35.5. The summed E-state index contributed by atoms with van der Waals surface area (Å²) in [5.41, 5.74) is 4.24. The van der Waals surface area contributed by atoms with Crippen molar-refractivity contribution in [2.24, 2.45) is 0 Å². The van der Waals surface area contributed by atoms with Crippen molar-refractivity contribution in [2.45, 2.75) is 6.92 Å². The summed E-state index contributed by atoms with van der Waals surface area (Å²) in [4.78, 5) is 20.0. The Morgan fingerprint density at radius 2 is 1.80 bits per heavy atom. The number of hydrogen-bond acceptors (Lipinski definition) is 3. The third kappa shape index (κ3) is 4.54. The van der Waals surface area contributed by atoms with Crippen molar-refractivity contribution in [1.82, 2.24) is 9.97 Å². The first-order valence-electron chi connectivity index (χ1n) is 9.03. The standard InChI is InChI=1S/C22H16Cl3N3O2/c1-12-8-18-19(10-16(12)24)28-22(27-18)13-2-5-15(6-3-13)26-21(29)11-30-20-7-4-14(23)9-17(20)25/h2-10H,11H2,1H3,(H,26,29)(H,27,28). The van der Waals surface area contributed by atoms with Crippen LogP contribution in [0.3, 0.4) is 0 Å². The zero-order valence-corrected chi connectivity index (χ0v) is 18.1. The molecule has 152 valence electrons. The largest absolute Gasteiger partial charge is 0.482 e. The monoisotopic (exact) mass is 459 g/mol. The molecule has 2 N–H and O–H groups in total. The zero-order valence-electron chi connectivity index (χ0n) is 15.8. The molecule has 8 heteroatoms. The van der Waals surface area contributed by atoms with E-state index in [1.165, 1.54) is 0 Å². The Kier molecular flexibility index (Phi) is 5.86. The molecule has 4 rings (SSSR count). The minimum atomic E-state index is -0.303. The Morgan fingerprint density at radius 1 is 1.03 bits per heavy atom. The normalized spacial score (nSPS) is 10.9. The number of carbonyl (C=O) groups is 1. The molecule has 0 unspecified atom stereocenters. The predicted molar refractivity (Wildman–Crippen MR) is 122 cm³/mol. The topological polar surface area (TPSA) is 67.0 Å². The molecule has 0 aliphatic heterocycles. The van der Waals surface area contributed by atoms with Crippen LogP contribution in [-0.2, 0) is 4.79 Å². The molecule has 0 saturated heterocycles. The van der Waals surface area contributed by atoms with Crippen LogP contribution in [0.2, 0.25) is 15.1 Å². The summed E-state index contributed by atoms with van der Waals surface area (Å²) in [6.45, 7) is 1.77. The number of halogens is 3. The molecule has 0 aliphatic carbocycles. The van der Waals surface area contributed by atoms with Crippen LogP contribution in [0.15, 0.2) is 54.6 Å². The van der Waals surface area contributed by atoms with Crippen molar-refractivity contribution in [3.8, 4) is 17.1 Å². The summed E-state index contributed by atoms with van der Waals surface area (Å²) in [6, 6.07) is 16.0. The van der Waals surface area contributed by atoms with Crippen LogP contribution in [0.4, 0.5) is 5.69 Å². The average Bonchev–Trinajstić information content (AvgIpc) is 3.11. The van der Waals surface area contributed by atoms with Crippen LogP contribution < -0.4 is 10.1 Å². The highest BCUT2D eigenvalue weighted by Gasteiger charge is 2.10. The first-order valence-corrected chi connectivity index (χ1v) is 10.2. The van der Waals surface area contributed by atoms with Crippen LogP contribution in [0.25, 0.3) is 22.4 Å². The van der Waals surface area contributed by atoms with Gasteiger partial charge in [0, 0.05) is 21.3 Å². The maximum absolute atomic E-state index is 12.2. The number of anilines is 1. The number of aromatic nitrogens is 2. The van der Waals surface area contributed by atoms with Gasteiger partial charge in [-0.2, -0.15) is 0 Å². The van der Waals surface area contributed by atoms with Gasteiger partial charge in [0.1, 0.15) is 11.6 Å². The van der Waals surface area contributed by atoms with E-state index in [9.17, 15) is 4.79 Å². The molecular formula is C22H16Cl3N3O2. The molecule has 1 amide bonds. The Morgan fingerprint density at radius 3 is 2.53 bits per heavy atom. The lowest BCUT2D eigenvalue weighted by Gasteiger charge is -2.09. The molecule has 30 heavy (non-hydrogen) atoms. The number of amides is 1. The molecule has 0 saturated carbocycles. The third-order valence-corrected chi connectivity index (χ3v) is 5.39. The lowest BCUT2D eigenvalue weighted by molar-refractivity contribution is -0.118. The number of fused-ring (bicyclic) bond motifs is 1. The molecule has 4 aromatic rings. The molecule has 0 atom stereocenters. The van der Waals surface area contributed by atoms with Crippen LogP contribution in [0.1, 0.15) is 5.56 Å². The molecule has 0 radical (unpaired) electrons. The van der Waals surface area contributed by atoms with Gasteiger partial charge in [0.2, 0.25) is 0 Å². The molecule has 1 aromatic heterocycles. The van der Waals surface area contributed by atoms with E-state index in [0.717, 1.165) is 28.0 Å². The number of aryl methyl sites for hydroxylation is 1. The lowest BCUT2D eigenvalue weighted by atomic mass is 10.2. The number of benzene rings is 3. The highest BCUT2D eigenvalue weighted by Crippen LogP contribution is 2.28. The minimum absolute atomic E-state index is 0.174. The summed E-state index contributed by atoms with van der Waals surface area (Å²) >= 11 is 18.1. The van der Waals surface area contributed by atoms with Crippen molar-refractivity contribution in [2.75, 3.05) is 11.9 Å². The minimum Gasteiger partial charge on any atom is -0.482 e. The Hall–Kier alpha value is -2.73. The van der Waals surface area contributed by atoms with Gasteiger partial charge in [-0.25, -0.2) is 4.98 Å². The second kappa shape index (κ2) is 8.56. The van der Waals surface area contributed by atoms with Gasteiger partial charge in [0.15, 0.2) is 6.61 Å². The smallest absolute Gasteiger partial charge is 0.262 e. The van der Waals surface area contributed by atoms with Crippen molar-refractivity contribution >= 4 is 57.4 Å². The average molecular weight is 461 g/mol.